The molecule has 0 spiro atoms. The highest BCUT2D eigenvalue weighted by atomic mass is 16.3. The summed E-state index contributed by atoms with van der Waals surface area (Å²) in [7, 11) is 0. The average Bonchev–Trinajstić information content (AvgIpc) is 2.17. The molecule has 2 unspecified atom stereocenters. The molecule has 1 saturated heterocycles. The van der Waals surface area contributed by atoms with Crippen LogP contribution in [0, 0.1) is 24.2 Å². The standard InChI is InChI=1S/C11H17NO2/c1-3-4-11(14)12-6-9(2)5-10(7-12)8-13/h1,9-10,13H,4-8H2,2H3. The molecule has 0 aliphatic carbocycles. The Morgan fingerprint density at radius 1 is 1.64 bits per heavy atom. The van der Waals surface area contributed by atoms with Crippen LogP contribution in [0.15, 0.2) is 0 Å². The van der Waals surface area contributed by atoms with E-state index < -0.39 is 0 Å². The number of carbonyl (C=O) groups excluding carboxylic acids is 1. The van der Waals surface area contributed by atoms with Crippen molar-refractivity contribution in [3.8, 4) is 12.3 Å². The van der Waals surface area contributed by atoms with Gasteiger partial charge in [0.2, 0.25) is 5.91 Å². The van der Waals surface area contributed by atoms with Crippen LogP contribution in [-0.2, 0) is 4.79 Å². The summed E-state index contributed by atoms with van der Waals surface area (Å²) in [5.74, 6) is 3.05. The van der Waals surface area contributed by atoms with E-state index in [-0.39, 0.29) is 24.9 Å². The summed E-state index contributed by atoms with van der Waals surface area (Å²) in [6.45, 7) is 3.68. The number of piperidine rings is 1. The number of aliphatic hydroxyl groups excluding tert-OH is 1. The third kappa shape index (κ3) is 2.74. The van der Waals surface area contributed by atoms with Gasteiger partial charge in [-0.15, -0.1) is 6.42 Å². The maximum atomic E-state index is 11.5. The zero-order valence-electron chi connectivity index (χ0n) is 8.57. The Morgan fingerprint density at radius 3 is 2.93 bits per heavy atom. The maximum Gasteiger partial charge on any atom is 0.234 e. The molecule has 1 N–H and O–H groups in total. The van der Waals surface area contributed by atoms with Crippen LogP contribution in [0.4, 0.5) is 0 Å². The van der Waals surface area contributed by atoms with Gasteiger partial charge in [0.1, 0.15) is 0 Å². The Hall–Kier alpha value is -1.01. The van der Waals surface area contributed by atoms with Crippen LogP contribution < -0.4 is 0 Å². The van der Waals surface area contributed by atoms with E-state index in [0.29, 0.717) is 12.5 Å². The molecule has 3 heteroatoms. The fourth-order valence-electron chi connectivity index (χ4n) is 2.02. The Balaban J connectivity index is 2.53. The Kier molecular flexibility index (Phi) is 3.97. The van der Waals surface area contributed by atoms with Gasteiger partial charge in [-0.05, 0) is 18.3 Å². The zero-order valence-corrected chi connectivity index (χ0v) is 8.57. The summed E-state index contributed by atoms with van der Waals surface area (Å²) < 4.78 is 0. The summed E-state index contributed by atoms with van der Waals surface area (Å²) in [6.07, 6.45) is 6.26. The topological polar surface area (TPSA) is 40.5 Å². The molecule has 1 heterocycles. The fraction of sp³-hybridized carbons (Fsp3) is 0.727. The summed E-state index contributed by atoms with van der Waals surface area (Å²) >= 11 is 0. The van der Waals surface area contributed by atoms with Gasteiger partial charge in [0, 0.05) is 19.7 Å². The van der Waals surface area contributed by atoms with Gasteiger partial charge >= 0.3 is 0 Å². The first-order valence-corrected chi connectivity index (χ1v) is 4.99. The first-order valence-electron chi connectivity index (χ1n) is 4.99. The molecular weight excluding hydrogens is 178 g/mol. The van der Waals surface area contributed by atoms with Crippen LogP contribution in [0.1, 0.15) is 19.8 Å². The Bertz CT molecular complexity index is 244. The molecule has 1 aliphatic rings. The lowest BCUT2D eigenvalue weighted by Gasteiger charge is -2.35. The number of hydrogen-bond donors (Lipinski definition) is 1. The monoisotopic (exact) mass is 195 g/mol. The highest BCUT2D eigenvalue weighted by molar-refractivity contribution is 5.78. The third-order valence-electron chi connectivity index (χ3n) is 2.61. The van der Waals surface area contributed by atoms with E-state index in [1.807, 2.05) is 0 Å². The SMILES string of the molecule is C#CCC(=O)N1CC(C)CC(CO)C1. The quantitative estimate of drug-likeness (QED) is 0.651. The van der Waals surface area contributed by atoms with Crippen molar-refractivity contribution >= 4 is 5.91 Å². The number of nitrogens with zero attached hydrogens (tertiary/aromatic N) is 1. The van der Waals surface area contributed by atoms with Crippen LogP contribution in [0.25, 0.3) is 0 Å². The van der Waals surface area contributed by atoms with Crippen molar-refractivity contribution in [3.05, 3.63) is 0 Å². The Labute approximate surface area is 85.1 Å². The van der Waals surface area contributed by atoms with Crippen molar-refractivity contribution in [2.75, 3.05) is 19.7 Å². The second-order valence-electron chi connectivity index (χ2n) is 4.07. The van der Waals surface area contributed by atoms with Gasteiger partial charge in [-0.3, -0.25) is 4.79 Å². The molecule has 0 aromatic rings. The van der Waals surface area contributed by atoms with Gasteiger partial charge in [-0.25, -0.2) is 0 Å². The normalized spacial score (nSPS) is 27.1. The molecular formula is C11H17NO2. The summed E-state index contributed by atoms with van der Waals surface area (Å²) in [6, 6.07) is 0. The number of rotatable bonds is 2. The maximum absolute atomic E-state index is 11.5. The van der Waals surface area contributed by atoms with E-state index in [2.05, 4.69) is 12.8 Å². The predicted octanol–water partition coefficient (Wildman–Crippen LogP) is 0.487. The van der Waals surface area contributed by atoms with E-state index in [1.54, 1.807) is 4.90 Å². The minimum absolute atomic E-state index is 0.0116. The lowest BCUT2D eigenvalue weighted by molar-refractivity contribution is -0.133. The van der Waals surface area contributed by atoms with E-state index in [0.717, 1.165) is 13.0 Å². The van der Waals surface area contributed by atoms with Crippen LogP contribution in [-0.4, -0.2) is 35.6 Å². The molecule has 1 amide bonds. The van der Waals surface area contributed by atoms with Crippen molar-refractivity contribution in [2.24, 2.45) is 11.8 Å². The van der Waals surface area contributed by atoms with Gasteiger partial charge < -0.3 is 10.0 Å². The summed E-state index contributed by atoms with van der Waals surface area (Å²) in [5, 5.41) is 9.06. The van der Waals surface area contributed by atoms with Crippen molar-refractivity contribution < 1.29 is 9.90 Å². The largest absolute Gasteiger partial charge is 0.396 e. The number of terminal acetylenes is 1. The summed E-state index contributed by atoms with van der Waals surface area (Å²) in [4.78, 5) is 13.3. The fourth-order valence-corrected chi connectivity index (χ4v) is 2.02. The van der Waals surface area contributed by atoms with Crippen LogP contribution in [0.2, 0.25) is 0 Å². The molecule has 0 aromatic carbocycles. The Morgan fingerprint density at radius 2 is 2.36 bits per heavy atom. The number of hydrogen-bond acceptors (Lipinski definition) is 2. The molecule has 14 heavy (non-hydrogen) atoms. The number of carbonyl (C=O) groups is 1. The summed E-state index contributed by atoms with van der Waals surface area (Å²) in [5.41, 5.74) is 0. The van der Waals surface area contributed by atoms with Crippen molar-refractivity contribution in [3.63, 3.8) is 0 Å². The van der Waals surface area contributed by atoms with Gasteiger partial charge in [0.25, 0.3) is 0 Å². The first-order chi connectivity index (χ1) is 6.67. The number of aliphatic hydroxyl groups is 1. The second-order valence-corrected chi connectivity index (χ2v) is 4.07. The van der Waals surface area contributed by atoms with E-state index in [9.17, 15) is 4.79 Å². The molecule has 1 fully saturated rings. The molecule has 2 atom stereocenters. The average molecular weight is 195 g/mol. The molecule has 1 aliphatic heterocycles. The predicted molar refractivity (Wildman–Crippen MR) is 54.4 cm³/mol. The van der Waals surface area contributed by atoms with Gasteiger partial charge in [-0.2, -0.15) is 0 Å². The minimum atomic E-state index is 0.0116. The first kappa shape index (κ1) is 11.1. The van der Waals surface area contributed by atoms with Crippen LogP contribution in [0.3, 0.4) is 0 Å². The lowest BCUT2D eigenvalue weighted by Crippen LogP contribution is -2.44. The van der Waals surface area contributed by atoms with Gasteiger partial charge in [0.05, 0.1) is 6.42 Å². The number of likely N-dealkylation sites (tertiary alicyclic amines) is 1. The van der Waals surface area contributed by atoms with E-state index >= 15 is 0 Å². The minimum Gasteiger partial charge on any atom is -0.396 e. The van der Waals surface area contributed by atoms with Crippen molar-refractivity contribution in [1.82, 2.24) is 4.90 Å². The van der Waals surface area contributed by atoms with Gasteiger partial charge in [-0.1, -0.05) is 12.8 Å². The zero-order chi connectivity index (χ0) is 10.6. The number of amides is 1. The van der Waals surface area contributed by atoms with Crippen molar-refractivity contribution in [1.29, 1.82) is 0 Å². The van der Waals surface area contributed by atoms with Gasteiger partial charge in [0.15, 0.2) is 0 Å². The highest BCUT2D eigenvalue weighted by Crippen LogP contribution is 2.21. The molecule has 0 radical (unpaired) electrons. The third-order valence-corrected chi connectivity index (χ3v) is 2.61. The smallest absolute Gasteiger partial charge is 0.234 e. The molecule has 3 nitrogen and oxygen atoms in total. The molecule has 0 saturated carbocycles. The second kappa shape index (κ2) is 5.02. The van der Waals surface area contributed by atoms with E-state index in [1.165, 1.54) is 0 Å². The molecule has 0 bridgehead atoms. The van der Waals surface area contributed by atoms with Crippen LogP contribution in [0.5, 0.6) is 0 Å². The van der Waals surface area contributed by atoms with Crippen molar-refractivity contribution in [2.45, 2.75) is 19.8 Å². The lowest BCUT2D eigenvalue weighted by atomic mass is 9.91. The molecule has 1 rings (SSSR count). The molecule has 78 valence electrons. The van der Waals surface area contributed by atoms with E-state index in [4.69, 9.17) is 11.5 Å². The van der Waals surface area contributed by atoms with Crippen LogP contribution >= 0.6 is 0 Å². The highest BCUT2D eigenvalue weighted by Gasteiger charge is 2.26. The molecule has 0 aromatic heterocycles.